The van der Waals surface area contributed by atoms with Crippen LogP contribution in [0.15, 0.2) is 53.9 Å². The number of halogens is 1. The number of aromatic amines is 1. The van der Waals surface area contributed by atoms with Gasteiger partial charge in [-0.05, 0) is 30.7 Å². The number of aromatic nitrogens is 2. The molecule has 4 N–H and O–H groups in total. The Hall–Kier alpha value is -3.63. The summed E-state index contributed by atoms with van der Waals surface area (Å²) in [5.74, 6) is 0.00262. The molecule has 146 valence electrons. The van der Waals surface area contributed by atoms with Crippen LogP contribution in [0.4, 0.5) is 0 Å². The van der Waals surface area contributed by atoms with Crippen LogP contribution < -0.4 is 15.2 Å². The van der Waals surface area contributed by atoms with E-state index in [0.29, 0.717) is 34.2 Å². The predicted octanol–water partition coefficient (Wildman–Crippen LogP) is 4.05. The fourth-order valence-electron chi connectivity index (χ4n) is 3.43. The van der Waals surface area contributed by atoms with Gasteiger partial charge in [0.15, 0.2) is 11.5 Å². The van der Waals surface area contributed by atoms with Crippen LogP contribution in [-0.2, 0) is 0 Å². The molecular formula is C21H17ClN4O3. The zero-order valence-corrected chi connectivity index (χ0v) is 16.2. The van der Waals surface area contributed by atoms with E-state index < -0.39 is 5.92 Å². The molecule has 8 heteroatoms. The second kappa shape index (κ2) is 7.41. The number of H-pyrrole nitrogens is 1. The number of allylic oxidation sites excluding steroid dienone is 1. The summed E-state index contributed by atoms with van der Waals surface area (Å²) >= 11 is 6.39. The molecular weight excluding hydrogens is 392 g/mol. The van der Waals surface area contributed by atoms with E-state index in [4.69, 9.17) is 26.8 Å². The molecule has 0 spiro atoms. The van der Waals surface area contributed by atoms with Crippen molar-refractivity contribution in [2.75, 3.05) is 6.61 Å². The number of nitriles is 1. The van der Waals surface area contributed by atoms with Crippen molar-refractivity contribution in [2.45, 2.75) is 12.8 Å². The van der Waals surface area contributed by atoms with Crippen molar-refractivity contribution in [2.24, 2.45) is 5.73 Å². The SMILES string of the molecule is CCOc1cc(C2C(C#N)=C(N)Oc3n[nH]c(-c4ccccc4Cl)c32)ccc1O. The number of benzene rings is 2. The molecule has 1 aromatic heterocycles. The monoisotopic (exact) mass is 408 g/mol. The van der Waals surface area contributed by atoms with E-state index >= 15 is 0 Å². The summed E-state index contributed by atoms with van der Waals surface area (Å²) in [6.45, 7) is 2.21. The second-order valence-electron chi connectivity index (χ2n) is 6.38. The Morgan fingerprint density at radius 2 is 2.14 bits per heavy atom. The van der Waals surface area contributed by atoms with Gasteiger partial charge in [-0.15, -0.1) is 5.10 Å². The zero-order valence-electron chi connectivity index (χ0n) is 15.4. The largest absolute Gasteiger partial charge is 0.504 e. The van der Waals surface area contributed by atoms with Gasteiger partial charge in [-0.3, -0.25) is 5.10 Å². The number of hydrogen-bond acceptors (Lipinski definition) is 6. The summed E-state index contributed by atoms with van der Waals surface area (Å²) in [7, 11) is 0. The maximum absolute atomic E-state index is 10.1. The van der Waals surface area contributed by atoms with Gasteiger partial charge in [0, 0.05) is 10.6 Å². The quantitative estimate of drug-likeness (QED) is 0.599. The highest BCUT2D eigenvalue weighted by atomic mass is 35.5. The van der Waals surface area contributed by atoms with E-state index in [1.165, 1.54) is 6.07 Å². The Balaban J connectivity index is 1.95. The third kappa shape index (κ3) is 3.13. The summed E-state index contributed by atoms with van der Waals surface area (Å²) in [6.07, 6.45) is 0. The first-order valence-electron chi connectivity index (χ1n) is 8.91. The number of nitrogens with two attached hydrogens (primary N) is 1. The molecule has 0 saturated carbocycles. The lowest BCUT2D eigenvalue weighted by Gasteiger charge is -2.24. The van der Waals surface area contributed by atoms with Crippen LogP contribution >= 0.6 is 11.6 Å². The lowest BCUT2D eigenvalue weighted by Crippen LogP contribution is -2.21. The molecule has 7 nitrogen and oxygen atoms in total. The topological polar surface area (TPSA) is 117 Å². The van der Waals surface area contributed by atoms with Crippen LogP contribution in [0.25, 0.3) is 11.3 Å². The van der Waals surface area contributed by atoms with Crippen LogP contribution in [0.2, 0.25) is 5.02 Å². The number of fused-ring (bicyclic) bond motifs is 1. The Labute approximate surface area is 171 Å². The van der Waals surface area contributed by atoms with E-state index in [1.54, 1.807) is 18.2 Å². The van der Waals surface area contributed by atoms with Gasteiger partial charge in [-0.1, -0.05) is 35.9 Å². The van der Waals surface area contributed by atoms with Crippen LogP contribution in [0.5, 0.6) is 17.4 Å². The van der Waals surface area contributed by atoms with Gasteiger partial charge in [-0.25, -0.2) is 0 Å². The van der Waals surface area contributed by atoms with E-state index in [2.05, 4.69) is 16.3 Å². The number of nitrogens with zero attached hydrogens (tertiary/aromatic N) is 2. The van der Waals surface area contributed by atoms with Gasteiger partial charge in [-0.2, -0.15) is 5.26 Å². The lowest BCUT2D eigenvalue weighted by molar-refractivity contribution is 0.317. The average molecular weight is 409 g/mol. The van der Waals surface area contributed by atoms with Crippen molar-refractivity contribution in [1.29, 1.82) is 5.26 Å². The summed E-state index contributed by atoms with van der Waals surface area (Å²) in [4.78, 5) is 0. The average Bonchev–Trinajstić information content (AvgIpc) is 3.12. The van der Waals surface area contributed by atoms with E-state index in [1.807, 2.05) is 25.1 Å². The van der Waals surface area contributed by atoms with Crippen molar-refractivity contribution in [3.63, 3.8) is 0 Å². The first-order chi connectivity index (χ1) is 14.0. The molecule has 0 fully saturated rings. The first kappa shape index (κ1) is 18.7. The van der Waals surface area contributed by atoms with Gasteiger partial charge < -0.3 is 20.3 Å². The molecule has 4 rings (SSSR count). The van der Waals surface area contributed by atoms with Gasteiger partial charge >= 0.3 is 0 Å². The Bertz CT molecular complexity index is 1160. The smallest absolute Gasteiger partial charge is 0.244 e. The maximum atomic E-state index is 10.1. The molecule has 2 aromatic carbocycles. The number of phenolic OH excluding ortho intramolecular Hbond substituents is 1. The maximum Gasteiger partial charge on any atom is 0.244 e. The van der Waals surface area contributed by atoms with Gasteiger partial charge in [0.25, 0.3) is 0 Å². The third-order valence-electron chi connectivity index (χ3n) is 4.70. The van der Waals surface area contributed by atoms with Crippen molar-refractivity contribution >= 4 is 11.6 Å². The third-order valence-corrected chi connectivity index (χ3v) is 5.03. The highest BCUT2D eigenvalue weighted by Gasteiger charge is 2.36. The summed E-state index contributed by atoms with van der Waals surface area (Å²) in [5.41, 5.74) is 8.93. The number of rotatable bonds is 4. The molecule has 29 heavy (non-hydrogen) atoms. The fraction of sp³-hybridized carbons (Fsp3) is 0.143. The molecule has 1 atom stereocenters. The van der Waals surface area contributed by atoms with E-state index in [0.717, 1.165) is 5.56 Å². The van der Waals surface area contributed by atoms with Gasteiger partial charge in [0.1, 0.15) is 11.6 Å². The lowest BCUT2D eigenvalue weighted by atomic mass is 9.83. The molecule has 0 saturated heterocycles. The van der Waals surface area contributed by atoms with Gasteiger partial charge in [0.05, 0.1) is 23.8 Å². The molecule has 0 aliphatic carbocycles. The molecule has 0 bridgehead atoms. The fourth-order valence-corrected chi connectivity index (χ4v) is 3.66. The molecule has 3 aromatic rings. The Morgan fingerprint density at radius 1 is 1.34 bits per heavy atom. The summed E-state index contributed by atoms with van der Waals surface area (Å²) in [6, 6.07) is 14.4. The van der Waals surface area contributed by atoms with Crippen LogP contribution in [0.1, 0.15) is 24.0 Å². The van der Waals surface area contributed by atoms with E-state index in [-0.39, 0.29) is 23.1 Å². The number of nitrogens with one attached hydrogen (secondary N) is 1. The summed E-state index contributed by atoms with van der Waals surface area (Å²) in [5, 5.41) is 27.6. The first-order valence-corrected chi connectivity index (χ1v) is 9.29. The highest BCUT2D eigenvalue weighted by Crippen LogP contribution is 2.47. The molecule has 0 radical (unpaired) electrons. The van der Waals surface area contributed by atoms with Crippen molar-refractivity contribution < 1.29 is 14.6 Å². The van der Waals surface area contributed by atoms with Crippen molar-refractivity contribution in [3.05, 3.63) is 70.1 Å². The van der Waals surface area contributed by atoms with E-state index in [9.17, 15) is 10.4 Å². The molecule has 0 amide bonds. The molecule has 1 aliphatic rings. The number of aromatic hydroxyl groups is 1. The molecule has 1 aliphatic heterocycles. The van der Waals surface area contributed by atoms with Gasteiger partial charge in [0.2, 0.25) is 11.8 Å². The number of phenols is 1. The number of hydrogen-bond donors (Lipinski definition) is 3. The van der Waals surface area contributed by atoms with Crippen LogP contribution in [0.3, 0.4) is 0 Å². The Kier molecular flexibility index (Phi) is 4.79. The molecule has 2 heterocycles. The minimum Gasteiger partial charge on any atom is -0.504 e. The standard InChI is InChI=1S/C21H17ClN4O3/c1-2-28-16-9-11(7-8-15(16)27)17-13(10-23)20(24)29-21-18(17)19(25-26-21)12-5-3-4-6-14(12)22/h3-9,17,27H,2,24H2,1H3,(H,25,26). The number of ether oxygens (including phenoxy) is 2. The highest BCUT2D eigenvalue weighted by molar-refractivity contribution is 6.33. The minimum absolute atomic E-state index is 0.0110. The molecule has 1 unspecified atom stereocenters. The summed E-state index contributed by atoms with van der Waals surface area (Å²) < 4.78 is 11.1. The second-order valence-corrected chi connectivity index (χ2v) is 6.79. The minimum atomic E-state index is -0.575. The normalized spacial score (nSPS) is 15.4. The van der Waals surface area contributed by atoms with Crippen LogP contribution in [0, 0.1) is 11.3 Å². The van der Waals surface area contributed by atoms with Crippen LogP contribution in [-0.4, -0.2) is 21.9 Å². The Morgan fingerprint density at radius 3 is 2.86 bits per heavy atom. The van der Waals surface area contributed by atoms with Crippen molar-refractivity contribution in [3.8, 4) is 34.7 Å². The predicted molar refractivity (Wildman–Crippen MR) is 108 cm³/mol. The van der Waals surface area contributed by atoms with Crippen molar-refractivity contribution in [1.82, 2.24) is 10.2 Å². The zero-order chi connectivity index (χ0) is 20.5.